The van der Waals surface area contributed by atoms with Gasteiger partial charge in [0.15, 0.2) is 0 Å². The minimum atomic E-state index is -0.468. The van der Waals surface area contributed by atoms with Crippen LogP contribution in [-0.2, 0) is 4.74 Å². The summed E-state index contributed by atoms with van der Waals surface area (Å²) in [6, 6.07) is 4.02. The number of aromatic nitrogens is 2. The fraction of sp³-hybridized carbons (Fsp3) is 0.643. The average Bonchev–Trinajstić information content (AvgIpc) is 2.85. The Morgan fingerprint density at radius 1 is 1.45 bits per heavy atom. The van der Waals surface area contributed by atoms with E-state index in [-0.39, 0.29) is 12.1 Å². The van der Waals surface area contributed by atoms with Gasteiger partial charge in [0.2, 0.25) is 0 Å². The van der Waals surface area contributed by atoms with Crippen molar-refractivity contribution < 1.29 is 9.53 Å². The normalized spacial score (nSPS) is 16.8. The summed E-state index contributed by atoms with van der Waals surface area (Å²) in [4.78, 5) is 13.7. The Morgan fingerprint density at radius 2 is 2.10 bits per heavy atom. The molecule has 1 aliphatic rings. The zero-order valence-electron chi connectivity index (χ0n) is 12.2. The summed E-state index contributed by atoms with van der Waals surface area (Å²) < 4.78 is 7.12. The van der Waals surface area contributed by atoms with Crippen LogP contribution >= 0.6 is 0 Å². The van der Waals surface area contributed by atoms with Gasteiger partial charge in [0, 0.05) is 13.1 Å². The summed E-state index contributed by atoms with van der Waals surface area (Å²) in [6.45, 7) is 6.84. The summed E-state index contributed by atoms with van der Waals surface area (Å²) in [5.74, 6) is 0. The zero-order chi connectivity index (χ0) is 14.8. The maximum atomic E-state index is 12.0. The molecule has 1 amide bonds. The number of nitriles is 1. The summed E-state index contributed by atoms with van der Waals surface area (Å²) in [5.41, 5.74) is 0.102. The van der Waals surface area contributed by atoms with Crippen molar-refractivity contribution in [3.05, 3.63) is 18.0 Å². The van der Waals surface area contributed by atoms with E-state index in [0.717, 1.165) is 12.8 Å². The van der Waals surface area contributed by atoms with Crippen molar-refractivity contribution in [2.75, 3.05) is 13.1 Å². The van der Waals surface area contributed by atoms with E-state index in [9.17, 15) is 4.79 Å². The number of carbonyl (C=O) groups excluding carboxylic acids is 1. The van der Waals surface area contributed by atoms with Gasteiger partial charge in [0.1, 0.15) is 17.4 Å². The molecule has 1 fully saturated rings. The molecule has 6 nitrogen and oxygen atoms in total. The molecule has 0 bridgehead atoms. The highest BCUT2D eigenvalue weighted by Gasteiger charge is 2.28. The van der Waals surface area contributed by atoms with Gasteiger partial charge in [-0.3, -0.25) is 4.68 Å². The van der Waals surface area contributed by atoms with Gasteiger partial charge in [0.25, 0.3) is 0 Å². The lowest BCUT2D eigenvalue weighted by Gasteiger charge is -2.33. The fourth-order valence-electron chi connectivity index (χ4n) is 2.31. The highest BCUT2D eigenvalue weighted by Crippen LogP contribution is 2.24. The zero-order valence-corrected chi connectivity index (χ0v) is 12.2. The van der Waals surface area contributed by atoms with Gasteiger partial charge in [-0.1, -0.05) is 0 Å². The molecule has 0 aliphatic carbocycles. The molecule has 0 aromatic carbocycles. The van der Waals surface area contributed by atoms with Crippen molar-refractivity contribution in [1.29, 1.82) is 5.26 Å². The molecule has 108 valence electrons. The van der Waals surface area contributed by atoms with Crippen LogP contribution < -0.4 is 0 Å². The van der Waals surface area contributed by atoms with Crippen LogP contribution in [-0.4, -0.2) is 39.5 Å². The molecule has 1 saturated heterocycles. The Kier molecular flexibility index (Phi) is 3.98. The number of likely N-dealkylation sites (tertiary alicyclic amines) is 1. The van der Waals surface area contributed by atoms with Gasteiger partial charge < -0.3 is 9.64 Å². The molecule has 2 rings (SSSR count). The number of ether oxygens (including phenoxy) is 1. The van der Waals surface area contributed by atoms with Crippen molar-refractivity contribution in [3.63, 3.8) is 0 Å². The lowest BCUT2D eigenvalue weighted by molar-refractivity contribution is 0.0184. The molecule has 6 heteroatoms. The summed E-state index contributed by atoms with van der Waals surface area (Å²) in [6.07, 6.45) is 2.95. The maximum absolute atomic E-state index is 12.0. The van der Waals surface area contributed by atoms with Gasteiger partial charge in [0.05, 0.1) is 12.2 Å². The maximum Gasteiger partial charge on any atom is 0.410 e. The van der Waals surface area contributed by atoms with Crippen LogP contribution in [0.5, 0.6) is 0 Å². The van der Waals surface area contributed by atoms with Crippen LogP contribution in [0.15, 0.2) is 12.3 Å². The van der Waals surface area contributed by atoms with Crippen molar-refractivity contribution in [3.8, 4) is 6.07 Å². The van der Waals surface area contributed by atoms with Crippen LogP contribution in [0.2, 0.25) is 0 Å². The average molecular weight is 276 g/mol. The smallest absolute Gasteiger partial charge is 0.410 e. The highest BCUT2D eigenvalue weighted by molar-refractivity contribution is 5.68. The number of hydrogen-bond donors (Lipinski definition) is 0. The molecular weight excluding hydrogens is 256 g/mol. The Morgan fingerprint density at radius 3 is 2.65 bits per heavy atom. The first-order valence-corrected chi connectivity index (χ1v) is 6.82. The van der Waals surface area contributed by atoms with Crippen LogP contribution in [0, 0.1) is 11.3 Å². The number of hydrogen-bond acceptors (Lipinski definition) is 4. The molecule has 0 N–H and O–H groups in total. The van der Waals surface area contributed by atoms with E-state index in [2.05, 4.69) is 11.2 Å². The number of rotatable bonds is 1. The second kappa shape index (κ2) is 5.53. The quantitative estimate of drug-likeness (QED) is 0.789. The van der Waals surface area contributed by atoms with Gasteiger partial charge in [-0.2, -0.15) is 10.4 Å². The van der Waals surface area contributed by atoms with E-state index in [0.29, 0.717) is 18.8 Å². The SMILES string of the molecule is CC(C)(C)OC(=O)N1CCC(n2nccc2C#N)CC1. The van der Waals surface area contributed by atoms with Crippen LogP contribution in [0.4, 0.5) is 4.79 Å². The standard InChI is InChI=1S/C14H20N4O2/c1-14(2,3)20-13(19)17-8-5-11(6-9-17)18-12(10-15)4-7-16-18/h4,7,11H,5-6,8-9H2,1-3H3. The summed E-state index contributed by atoms with van der Waals surface area (Å²) >= 11 is 0. The fourth-order valence-corrected chi connectivity index (χ4v) is 2.31. The van der Waals surface area contributed by atoms with Crippen molar-refractivity contribution in [2.24, 2.45) is 0 Å². The number of amides is 1. The molecule has 2 heterocycles. The molecule has 1 aromatic rings. The highest BCUT2D eigenvalue weighted by atomic mass is 16.6. The molecule has 0 radical (unpaired) electrons. The van der Waals surface area contributed by atoms with E-state index in [1.54, 1.807) is 21.8 Å². The first-order chi connectivity index (χ1) is 9.40. The predicted molar refractivity (Wildman–Crippen MR) is 73.0 cm³/mol. The van der Waals surface area contributed by atoms with Crippen LogP contribution in [0.1, 0.15) is 45.3 Å². The lowest BCUT2D eigenvalue weighted by atomic mass is 10.1. The first-order valence-electron chi connectivity index (χ1n) is 6.82. The van der Waals surface area contributed by atoms with Gasteiger partial charge >= 0.3 is 6.09 Å². The topological polar surface area (TPSA) is 71.2 Å². The lowest BCUT2D eigenvalue weighted by Crippen LogP contribution is -2.42. The van der Waals surface area contributed by atoms with Gasteiger partial charge in [-0.25, -0.2) is 4.79 Å². The Hall–Kier alpha value is -2.03. The van der Waals surface area contributed by atoms with E-state index >= 15 is 0 Å². The number of carbonyl (C=O) groups is 1. The minimum Gasteiger partial charge on any atom is -0.444 e. The Balaban J connectivity index is 1.93. The molecular formula is C14H20N4O2. The molecule has 1 aromatic heterocycles. The summed E-state index contributed by atoms with van der Waals surface area (Å²) in [7, 11) is 0. The van der Waals surface area contributed by atoms with Gasteiger partial charge in [-0.05, 0) is 39.7 Å². The second-order valence-corrected chi connectivity index (χ2v) is 5.97. The molecule has 0 unspecified atom stereocenters. The third-order valence-electron chi connectivity index (χ3n) is 3.25. The number of nitrogens with zero attached hydrogens (tertiary/aromatic N) is 4. The van der Waals surface area contributed by atoms with Crippen molar-refractivity contribution in [2.45, 2.75) is 45.3 Å². The van der Waals surface area contributed by atoms with Gasteiger partial charge in [-0.15, -0.1) is 0 Å². The molecule has 0 atom stereocenters. The molecule has 0 spiro atoms. The van der Waals surface area contributed by atoms with E-state index < -0.39 is 5.60 Å². The number of piperidine rings is 1. The first kappa shape index (κ1) is 14.4. The molecule has 1 aliphatic heterocycles. The summed E-state index contributed by atoms with van der Waals surface area (Å²) in [5, 5.41) is 13.2. The van der Waals surface area contributed by atoms with Crippen LogP contribution in [0.25, 0.3) is 0 Å². The molecule has 0 saturated carbocycles. The van der Waals surface area contributed by atoms with E-state index in [4.69, 9.17) is 10.00 Å². The van der Waals surface area contributed by atoms with E-state index in [1.807, 2.05) is 20.8 Å². The monoisotopic (exact) mass is 276 g/mol. The predicted octanol–water partition coefficient (Wildman–Crippen LogP) is 2.33. The van der Waals surface area contributed by atoms with Crippen LogP contribution in [0.3, 0.4) is 0 Å². The van der Waals surface area contributed by atoms with E-state index in [1.165, 1.54) is 0 Å². The molecule has 20 heavy (non-hydrogen) atoms. The Labute approximate surface area is 118 Å². The third-order valence-corrected chi connectivity index (χ3v) is 3.25. The minimum absolute atomic E-state index is 0.179. The third kappa shape index (κ3) is 3.29. The second-order valence-electron chi connectivity index (χ2n) is 5.97. The Bertz CT molecular complexity index is 516. The van der Waals surface area contributed by atoms with Crippen molar-refractivity contribution >= 4 is 6.09 Å². The van der Waals surface area contributed by atoms with Crippen molar-refractivity contribution in [1.82, 2.24) is 14.7 Å². The largest absolute Gasteiger partial charge is 0.444 e.